The second-order valence-corrected chi connectivity index (χ2v) is 4.33. The van der Waals surface area contributed by atoms with Crippen LogP contribution < -0.4 is 5.32 Å². The number of aromatic nitrogens is 1. The summed E-state index contributed by atoms with van der Waals surface area (Å²) in [6.45, 7) is 0.830. The number of phenols is 1. The molecule has 0 aliphatic heterocycles. The molecule has 0 amide bonds. The number of benzene rings is 1. The van der Waals surface area contributed by atoms with Gasteiger partial charge in [-0.25, -0.2) is 4.98 Å². The van der Waals surface area contributed by atoms with E-state index in [0.717, 1.165) is 17.1 Å². The molecule has 0 saturated heterocycles. The molecule has 1 aromatic heterocycles. The maximum atomic E-state index is 9.35. The minimum atomic E-state index is 0.276. The van der Waals surface area contributed by atoms with E-state index in [0.29, 0.717) is 0 Å². The predicted molar refractivity (Wildman–Crippen MR) is 62.0 cm³/mol. The molecule has 0 aliphatic carbocycles. The van der Waals surface area contributed by atoms with Crippen LogP contribution in [0, 0.1) is 0 Å². The summed E-state index contributed by atoms with van der Waals surface area (Å²) in [5.41, 5.74) is 0.961. The fourth-order valence-electron chi connectivity index (χ4n) is 1.34. The van der Waals surface area contributed by atoms with Crippen molar-refractivity contribution in [2.45, 2.75) is 6.54 Å². The molecule has 1 aromatic carbocycles. The van der Waals surface area contributed by atoms with Crippen LogP contribution in [-0.4, -0.2) is 17.1 Å². The summed E-state index contributed by atoms with van der Waals surface area (Å²) in [6.07, 6.45) is 1.86. The van der Waals surface area contributed by atoms with Gasteiger partial charge in [-0.05, 0) is 19.2 Å². The maximum Gasteiger partial charge on any atom is 0.123 e. The number of rotatable bonds is 3. The van der Waals surface area contributed by atoms with Crippen LogP contribution in [0.3, 0.4) is 0 Å². The average molecular weight is 220 g/mol. The van der Waals surface area contributed by atoms with E-state index in [2.05, 4.69) is 10.3 Å². The number of aromatic hydroxyl groups is 1. The van der Waals surface area contributed by atoms with Gasteiger partial charge in [-0.3, -0.25) is 0 Å². The Kier molecular flexibility index (Phi) is 2.99. The van der Waals surface area contributed by atoms with E-state index >= 15 is 0 Å². The van der Waals surface area contributed by atoms with Crippen LogP contribution in [0.2, 0.25) is 0 Å². The lowest BCUT2D eigenvalue weighted by atomic mass is 10.2. The zero-order valence-electron chi connectivity index (χ0n) is 8.40. The second-order valence-electron chi connectivity index (χ2n) is 3.21. The van der Waals surface area contributed by atoms with Crippen molar-refractivity contribution in [3.05, 3.63) is 35.3 Å². The molecule has 0 spiro atoms. The molecule has 0 fully saturated rings. The Morgan fingerprint density at radius 1 is 1.47 bits per heavy atom. The third kappa shape index (κ3) is 2.34. The molecule has 15 heavy (non-hydrogen) atoms. The van der Waals surface area contributed by atoms with Crippen molar-refractivity contribution < 1.29 is 5.11 Å². The maximum absolute atomic E-state index is 9.35. The molecule has 78 valence electrons. The molecule has 0 radical (unpaired) electrons. The van der Waals surface area contributed by atoms with Crippen LogP contribution in [0.1, 0.15) is 4.88 Å². The minimum Gasteiger partial charge on any atom is -0.508 e. The fraction of sp³-hybridized carbons (Fsp3) is 0.182. The summed E-state index contributed by atoms with van der Waals surface area (Å²) in [4.78, 5) is 5.50. The number of hydrogen-bond acceptors (Lipinski definition) is 4. The summed E-state index contributed by atoms with van der Waals surface area (Å²) >= 11 is 1.63. The van der Waals surface area contributed by atoms with Gasteiger partial charge < -0.3 is 10.4 Å². The third-order valence-electron chi connectivity index (χ3n) is 2.00. The fourth-order valence-corrected chi connectivity index (χ4v) is 2.26. The number of nitrogens with one attached hydrogen (secondary N) is 1. The van der Waals surface area contributed by atoms with E-state index in [1.165, 1.54) is 4.88 Å². The molecular formula is C11H12N2OS. The number of hydrogen-bond donors (Lipinski definition) is 2. The summed E-state index contributed by atoms with van der Waals surface area (Å²) in [7, 11) is 1.91. The van der Waals surface area contributed by atoms with E-state index in [-0.39, 0.29) is 5.75 Å². The van der Waals surface area contributed by atoms with Gasteiger partial charge in [0.1, 0.15) is 10.8 Å². The SMILES string of the molecule is CNCc1cnc(-c2cccc(O)c2)s1. The van der Waals surface area contributed by atoms with Crippen LogP contribution in [0.4, 0.5) is 0 Å². The number of thiazole rings is 1. The van der Waals surface area contributed by atoms with Crippen LogP contribution >= 0.6 is 11.3 Å². The lowest BCUT2D eigenvalue weighted by Crippen LogP contribution is -2.02. The van der Waals surface area contributed by atoms with Gasteiger partial charge in [0.15, 0.2) is 0 Å². The van der Waals surface area contributed by atoms with Gasteiger partial charge in [-0.2, -0.15) is 0 Å². The van der Waals surface area contributed by atoms with E-state index < -0.39 is 0 Å². The van der Waals surface area contributed by atoms with Gasteiger partial charge in [-0.15, -0.1) is 11.3 Å². The highest BCUT2D eigenvalue weighted by Gasteiger charge is 2.04. The van der Waals surface area contributed by atoms with E-state index in [9.17, 15) is 5.11 Å². The molecule has 0 bridgehead atoms. The smallest absolute Gasteiger partial charge is 0.123 e. The van der Waals surface area contributed by atoms with Crippen molar-refractivity contribution in [2.75, 3.05) is 7.05 Å². The van der Waals surface area contributed by atoms with Crippen molar-refractivity contribution >= 4 is 11.3 Å². The quantitative estimate of drug-likeness (QED) is 0.833. The molecular weight excluding hydrogens is 208 g/mol. The molecule has 2 aromatic rings. The Morgan fingerprint density at radius 3 is 3.07 bits per heavy atom. The Morgan fingerprint density at radius 2 is 2.33 bits per heavy atom. The highest BCUT2D eigenvalue weighted by molar-refractivity contribution is 7.15. The van der Waals surface area contributed by atoms with Crippen LogP contribution in [-0.2, 0) is 6.54 Å². The monoisotopic (exact) mass is 220 g/mol. The largest absolute Gasteiger partial charge is 0.508 e. The van der Waals surface area contributed by atoms with Crippen LogP contribution in [0.15, 0.2) is 30.5 Å². The first-order chi connectivity index (χ1) is 7.29. The standard InChI is InChI=1S/C11H12N2OS/c1-12-6-10-7-13-11(15-10)8-3-2-4-9(14)5-8/h2-5,7,12,14H,6H2,1H3. The molecule has 2 rings (SSSR count). The molecule has 0 unspecified atom stereocenters. The van der Waals surface area contributed by atoms with E-state index in [1.54, 1.807) is 23.5 Å². The predicted octanol–water partition coefficient (Wildman–Crippen LogP) is 2.24. The van der Waals surface area contributed by atoms with Crippen molar-refractivity contribution in [3.63, 3.8) is 0 Å². The van der Waals surface area contributed by atoms with Gasteiger partial charge in [0.05, 0.1) is 0 Å². The Labute approximate surface area is 92.4 Å². The van der Waals surface area contributed by atoms with Crippen LogP contribution in [0.25, 0.3) is 10.6 Å². The molecule has 0 saturated carbocycles. The van der Waals surface area contributed by atoms with Gasteiger partial charge in [0, 0.05) is 23.2 Å². The lowest BCUT2D eigenvalue weighted by molar-refractivity contribution is 0.475. The summed E-state index contributed by atoms with van der Waals surface area (Å²) in [5.74, 6) is 0.276. The number of phenolic OH excluding ortho intramolecular Hbond substituents is 1. The molecule has 1 heterocycles. The van der Waals surface area contributed by atoms with Gasteiger partial charge in [0.25, 0.3) is 0 Å². The minimum absolute atomic E-state index is 0.276. The Hall–Kier alpha value is -1.39. The summed E-state index contributed by atoms with van der Waals surface area (Å²) in [5, 5.41) is 13.4. The molecule has 3 nitrogen and oxygen atoms in total. The first-order valence-corrected chi connectivity index (χ1v) is 5.50. The summed E-state index contributed by atoms with van der Waals surface area (Å²) < 4.78 is 0. The lowest BCUT2D eigenvalue weighted by Gasteiger charge is -1.96. The first kappa shape index (κ1) is 10.1. The zero-order valence-corrected chi connectivity index (χ0v) is 9.21. The summed E-state index contributed by atoms with van der Waals surface area (Å²) in [6, 6.07) is 7.15. The average Bonchev–Trinajstić information content (AvgIpc) is 2.67. The third-order valence-corrected chi connectivity index (χ3v) is 3.04. The molecule has 0 atom stereocenters. The molecule has 0 aliphatic rings. The van der Waals surface area contributed by atoms with E-state index in [1.807, 2.05) is 25.4 Å². The first-order valence-electron chi connectivity index (χ1n) is 4.68. The van der Waals surface area contributed by atoms with E-state index in [4.69, 9.17) is 0 Å². The van der Waals surface area contributed by atoms with Gasteiger partial charge >= 0.3 is 0 Å². The van der Waals surface area contributed by atoms with Crippen LogP contribution in [0.5, 0.6) is 5.75 Å². The van der Waals surface area contributed by atoms with Crippen molar-refractivity contribution in [1.82, 2.24) is 10.3 Å². The molecule has 4 heteroatoms. The van der Waals surface area contributed by atoms with Crippen molar-refractivity contribution in [1.29, 1.82) is 0 Å². The normalized spacial score (nSPS) is 10.5. The van der Waals surface area contributed by atoms with Gasteiger partial charge in [0.2, 0.25) is 0 Å². The van der Waals surface area contributed by atoms with Gasteiger partial charge in [-0.1, -0.05) is 12.1 Å². The molecule has 2 N–H and O–H groups in total. The number of nitrogens with zero attached hydrogens (tertiary/aromatic N) is 1. The van der Waals surface area contributed by atoms with Crippen molar-refractivity contribution in [3.8, 4) is 16.3 Å². The topological polar surface area (TPSA) is 45.2 Å². The highest BCUT2D eigenvalue weighted by Crippen LogP contribution is 2.27. The zero-order chi connectivity index (χ0) is 10.7. The van der Waals surface area contributed by atoms with Crippen molar-refractivity contribution in [2.24, 2.45) is 0 Å². The Balaban J connectivity index is 2.29. The highest BCUT2D eigenvalue weighted by atomic mass is 32.1. The second kappa shape index (κ2) is 4.42. The Bertz CT molecular complexity index is 453.